The van der Waals surface area contributed by atoms with Crippen LogP contribution in [0.4, 0.5) is 0 Å². The first-order valence-electron chi connectivity index (χ1n) is 7.72. The van der Waals surface area contributed by atoms with Crippen LogP contribution in [-0.4, -0.2) is 44.5 Å². The van der Waals surface area contributed by atoms with E-state index in [0.29, 0.717) is 18.0 Å². The van der Waals surface area contributed by atoms with Crippen molar-refractivity contribution in [1.82, 2.24) is 10.2 Å². The van der Waals surface area contributed by atoms with Gasteiger partial charge in [-0.2, -0.15) is 0 Å². The number of likely N-dealkylation sites (N-methyl/N-ethyl adjacent to an activating group) is 1. The van der Waals surface area contributed by atoms with Crippen molar-refractivity contribution in [3.05, 3.63) is 23.8 Å². The van der Waals surface area contributed by atoms with Crippen molar-refractivity contribution in [2.24, 2.45) is 0 Å². The molecule has 0 radical (unpaired) electrons. The van der Waals surface area contributed by atoms with Gasteiger partial charge in [0.05, 0.1) is 20.3 Å². The molecule has 6 heteroatoms. The maximum absolute atomic E-state index is 12.1. The highest BCUT2D eigenvalue weighted by Gasteiger charge is 2.21. The second-order valence-corrected chi connectivity index (χ2v) is 5.39. The number of nitrogens with one attached hydrogen (secondary N) is 1. The Morgan fingerprint density at radius 1 is 1.22 bits per heavy atom. The van der Waals surface area contributed by atoms with Crippen molar-refractivity contribution >= 4 is 11.8 Å². The Morgan fingerprint density at radius 2 is 1.87 bits per heavy atom. The predicted octanol–water partition coefficient (Wildman–Crippen LogP) is 2.14. The fourth-order valence-electron chi connectivity index (χ4n) is 2.13. The van der Waals surface area contributed by atoms with Gasteiger partial charge in [0, 0.05) is 13.6 Å². The Hall–Kier alpha value is -2.24. The monoisotopic (exact) mass is 322 g/mol. The maximum Gasteiger partial charge on any atom is 0.311 e. The van der Waals surface area contributed by atoms with Crippen LogP contribution in [0.3, 0.4) is 0 Å². The van der Waals surface area contributed by atoms with Crippen LogP contribution in [-0.2, 0) is 9.59 Å². The van der Waals surface area contributed by atoms with E-state index in [2.05, 4.69) is 5.32 Å². The minimum atomic E-state index is -0.606. The molecule has 1 N–H and O–H groups in total. The smallest absolute Gasteiger partial charge is 0.311 e. The molecule has 1 unspecified atom stereocenters. The number of hydrogen-bond donors (Lipinski definition) is 1. The van der Waals surface area contributed by atoms with Crippen LogP contribution in [0.1, 0.15) is 38.3 Å². The minimum Gasteiger partial charge on any atom is -0.493 e. The topological polar surface area (TPSA) is 67.9 Å². The van der Waals surface area contributed by atoms with E-state index < -0.39 is 11.8 Å². The molecule has 0 aliphatic carbocycles. The standard InChI is InChI=1S/C17H26N2O4/c1-6-7-10-19(3)17(21)16(20)18-12(2)13-8-9-14(22-4)15(11-13)23-5/h8-9,11-12H,6-7,10H2,1-5H3,(H,18,20). The van der Waals surface area contributed by atoms with Gasteiger partial charge in [-0.05, 0) is 31.0 Å². The second-order valence-electron chi connectivity index (χ2n) is 5.39. The Balaban J connectivity index is 2.73. The van der Waals surface area contributed by atoms with Crippen molar-refractivity contribution < 1.29 is 19.1 Å². The fourth-order valence-corrected chi connectivity index (χ4v) is 2.13. The summed E-state index contributed by atoms with van der Waals surface area (Å²) in [5.41, 5.74) is 0.833. The lowest BCUT2D eigenvalue weighted by Crippen LogP contribution is -2.42. The number of carbonyl (C=O) groups is 2. The molecule has 128 valence electrons. The van der Waals surface area contributed by atoms with E-state index in [1.165, 1.54) is 4.90 Å². The third kappa shape index (κ3) is 5.16. The van der Waals surface area contributed by atoms with Crippen LogP contribution in [0.15, 0.2) is 18.2 Å². The molecule has 2 amide bonds. The van der Waals surface area contributed by atoms with Crippen LogP contribution in [0, 0.1) is 0 Å². The Labute approximate surface area is 137 Å². The van der Waals surface area contributed by atoms with Gasteiger partial charge < -0.3 is 19.7 Å². The molecule has 0 saturated heterocycles. The first-order chi connectivity index (χ1) is 10.9. The van der Waals surface area contributed by atoms with Crippen LogP contribution < -0.4 is 14.8 Å². The largest absolute Gasteiger partial charge is 0.493 e. The molecule has 0 aliphatic heterocycles. The first kappa shape index (κ1) is 18.8. The number of benzene rings is 1. The molecular formula is C17H26N2O4. The second kappa shape index (κ2) is 9.02. The van der Waals surface area contributed by atoms with Gasteiger partial charge in [-0.3, -0.25) is 9.59 Å². The Morgan fingerprint density at radius 3 is 2.43 bits per heavy atom. The Kier molecular flexibility index (Phi) is 7.38. The van der Waals surface area contributed by atoms with Crippen molar-refractivity contribution in [2.45, 2.75) is 32.7 Å². The number of unbranched alkanes of at least 4 members (excludes halogenated alkanes) is 1. The summed E-state index contributed by atoms with van der Waals surface area (Å²) < 4.78 is 10.4. The molecule has 1 aromatic rings. The zero-order chi connectivity index (χ0) is 17.4. The molecule has 0 spiro atoms. The van der Waals surface area contributed by atoms with Gasteiger partial charge in [0.2, 0.25) is 0 Å². The number of amides is 2. The summed E-state index contributed by atoms with van der Waals surface area (Å²) in [6.07, 6.45) is 1.85. The number of methoxy groups -OCH3 is 2. The highest BCUT2D eigenvalue weighted by atomic mass is 16.5. The van der Waals surface area contributed by atoms with Gasteiger partial charge in [0.25, 0.3) is 0 Å². The third-order valence-corrected chi connectivity index (χ3v) is 3.64. The summed E-state index contributed by atoms with van der Waals surface area (Å²) in [6.45, 7) is 4.43. The van der Waals surface area contributed by atoms with Gasteiger partial charge >= 0.3 is 11.8 Å². The van der Waals surface area contributed by atoms with Crippen molar-refractivity contribution in [2.75, 3.05) is 27.8 Å². The number of nitrogens with zero attached hydrogens (tertiary/aromatic N) is 1. The van der Waals surface area contributed by atoms with E-state index in [1.54, 1.807) is 33.4 Å². The van der Waals surface area contributed by atoms with Crippen LogP contribution in [0.5, 0.6) is 11.5 Å². The molecule has 0 bridgehead atoms. The molecule has 0 fully saturated rings. The molecule has 0 aromatic heterocycles. The van der Waals surface area contributed by atoms with E-state index in [9.17, 15) is 9.59 Å². The lowest BCUT2D eigenvalue weighted by Gasteiger charge is -2.19. The summed E-state index contributed by atoms with van der Waals surface area (Å²) >= 11 is 0. The fraction of sp³-hybridized carbons (Fsp3) is 0.529. The quantitative estimate of drug-likeness (QED) is 0.781. The zero-order valence-corrected chi connectivity index (χ0v) is 14.5. The molecule has 1 atom stereocenters. The highest BCUT2D eigenvalue weighted by Crippen LogP contribution is 2.29. The number of rotatable bonds is 7. The molecule has 1 rings (SSSR count). The number of carbonyl (C=O) groups excluding carboxylic acids is 2. The summed E-state index contributed by atoms with van der Waals surface area (Å²) in [4.78, 5) is 25.5. The number of ether oxygens (including phenoxy) is 2. The first-order valence-corrected chi connectivity index (χ1v) is 7.72. The lowest BCUT2D eigenvalue weighted by molar-refractivity contribution is -0.145. The normalized spacial score (nSPS) is 11.5. The maximum atomic E-state index is 12.1. The Bertz CT molecular complexity index is 545. The average molecular weight is 322 g/mol. The van der Waals surface area contributed by atoms with E-state index in [-0.39, 0.29) is 6.04 Å². The molecule has 0 aliphatic rings. The van der Waals surface area contributed by atoms with Gasteiger partial charge in [0.15, 0.2) is 11.5 Å². The van der Waals surface area contributed by atoms with Crippen molar-refractivity contribution in [3.63, 3.8) is 0 Å². The molecule has 23 heavy (non-hydrogen) atoms. The van der Waals surface area contributed by atoms with E-state index >= 15 is 0 Å². The lowest BCUT2D eigenvalue weighted by atomic mass is 10.1. The van der Waals surface area contributed by atoms with Gasteiger partial charge in [0.1, 0.15) is 0 Å². The van der Waals surface area contributed by atoms with Gasteiger partial charge in [-0.25, -0.2) is 0 Å². The van der Waals surface area contributed by atoms with E-state index in [4.69, 9.17) is 9.47 Å². The molecule has 1 aromatic carbocycles. The van der Waals surface area contributed by atoms with Gasteiger partial charge in [-0.1, -0.05) is 19.4 Å². The molecule has 0 saturated carbocycles. The van der Waals surface area contributed by atoms with Gasteiger partial charge in [-0.15, -0.1) is 0 Å². The van der Waals surface area contributed by atoms with Crippen molar-refractivity contribution in [3.8, 4) is 11.5 Å². The van der Waals surface area contributed by atoms with E-state index in [1.807, 2.05) is 19.9 Å². The van der Waals surface area contributed by atoms with Crippen LogP contribution in [0.2, 0.25) is 0 Å². The highest BCUT2D eigenvalue weighted by molar-refractivity contribution is 6.35. The molecular weight excluding hydrogens is 296 g/mol. The predicted molar refractivity (Wildman–Crippen MR) is 88.6 cm³/mol. The van der Waals surface area contributed by atoms with Crippen LogP contribution >= 0.6 is 0 Å². The summed E-state index contributed by atoms with van der Waals surface area (Å²) in [7, 11) is 4.75. The van der Waals surface area contributed by atoms with Crippen molar-refractivity contribution in [1.29, 1.82) is 0 Å². The zero-order valence-electron chi connectivity index (χ0n) is 14.5. The SMILES string of the molecule is CCCCN(C)C(=O)C(=O)NC(C)c1ccc(OC)c(OC)c1. The summed E-state index contributed by atoms with van der Waals surface area (Å²) in [5.74, 6) is 0.0688. The third-order valence-electron chi connectivity index (χ3n) is 3.64. The molecule has 0 heterocycles. The van der Waals surface area contributed by atoms with E-state index in [0.717, 1.165) is 18.4 Å². The number of hydrogen-bond acceptors (Lipinski definition) is 4. The summed E-state index contributed by atoms with van der Waals surface area (Å²) in [6, 6.07) is 5.07. The summed E-state index contributed by atoms with van der Waals surface area (Å²) in [5, 5.41) is 2.72. The minimum absolute atomic E-state index is 0.314. The van der Waals surface area contributed by atoms with Crippen LogP contribution in [0.25, 0.3) is 0 Å². The average Bonchev–Trinajstić information content (AvgIpc) is 2.57. The molecule has 6 nitrogen and oxygen atoms in total.